The van der Waals surface area contributed by atoms with Gasteiger partial charge in [-0.05, 0) is 61.4 Å². The predicted molar refractivity (Wildman–Crippen MR) is 132 cm³/mol. The molecule has 1 aliphatic heterocycles. The molecule has 1 saturated heterocycles. The molecule has 0 aromatic heterocycles. The quantitative estimate of drug-likeness (QED) is 0.357. The van der Waals surface area contributed by atoms with Crippen LogP contribution >= 0.6 is 35.0 Å². The van der Waals surface area contributed by atoms with Gasteiger partial charge in [-0.3, -0.25) is 9.69 Å². The Bertz CT molecular complexity index is 1100. The molecule has 7 heteroatoms. The van der Waals surface area contributed by atoms with Crippen molar-refractivity contribution < 1.29 is 14.3 Å². The van der Waals surface area contributed by atoms with Crippen LogP contribution in [0.1, 0.15) is 29.0 Å². The number of rotatable bonds is 7. The molecule has 1 atom stereocenters. The Balaban J connectivity index is 1.63. The average Bonchev–Trinajstić information content (AvgIpc) is 3.16. The van der Waals surface area contributed by atoms with E-state index in [1.54, 1.807) is 28.8 Å². The van der Waals surface area contributed by atoms with Crippen LogP contribution in [0.3, 0.4) is 0 Å². The number of aryl methyl sites for hydroxylation is 1. The predicted octanol–water partition coefficient (Wildman–Crippen LogP) is 7.06. The SMILES string of the molecule is CCOc1cc([C@@H]2SCC(=O)N2c2ccc(Cl)cc2)cc(Cl)c1OCc1ccc(C)cc1. The first-order valence-electron chi connectivity index (χ1n) is 10.3. The number of carbonyl (C=O) groups excluding carboxylic acids is 1. The van der Waals surface area contributed by atoms with Crippen molar-refractivity contribution in [1.29, 1.82) is 0 Å². The Morgan fingerprint density at radius 2 is 1.75 bits per heavy atom. The first kappa shape index (κ1) is 22.8. The fraction of sp³-hybridized carbons (Fsp3) is 0.240. The summed E-state index contributed by atoms with van der Waals surface area (Å²) in [5, 5.41) is 0.863. The van der Waals surface area contributed by atoms with Crippen LogP contribution in [0.15, 0.2) is 60.7 Å². The van der Waals surface area contributed by atoms with Gasteiger partial charge in [-0.25, -0.2) is 0 Å². The van der Waals surface area contributed by atoms with E-state index in [-0.39, 0.29) is 11.3 Å². The third-order valence-electron chi connectivity index (χ3n) is 5.09. The Labute approximate surface area is 202 Å². The van der Waals surface area contributed by atoms with Crippen LogP contribution in [-0.2, 0) is 11.4 Å². The molecule has 3 aromatic rings. The van der Waals surface area contributed by atoms with E-state index in [2.05, 4.69) is 0 Å². The summed E-state index contributed by atoms with van der Waals surface area (Å²) in [5.41, 5.74) is 3.92. The van der Waals surface area contributed by atoms with Gasteiger partial charge in [0.2, 0.25) is 5.91 Å². The third kappa shape index (κ3) is 5.01. The number of nitrogens with zero attached hydrogens (tertiary/aromatic N) is 1. The molecule has 0 aliphatic carbocycles. The van der Waals surface area contributed by atoms with Crippen LogP contribution in [0.25, 0.3) is 0 Å². The molecule has 166 valence electrons. The zero-order chi connectivity index (χ0) is 22.7. The van der Waals surface area contributed by atoms with E-state index < -0.39 is 0 Å². The lowest BCUT2D eigenvalue weighted by Gasteiger charge is -2.25. The number of benzene rings is 3. The van der Waals surface area contributed by atoms with E-state index in [4.69, 9.17) is 32.7 Å². The van der Waals surface area contributed by atoms with Crippen molar-refractivity contribution in [2.24, 2.45) is 0 Å². The second kappa shape index (κ2) is 10.1. The summed E-state index contributed by atoms with van der Waals surface area (Å²) < 4.78 is 11.9. The minimum atomic E-state index is -0.216. The van der Waals surface area contributed by atoms with E-state index in [0.29, 0.717) is 40.5 Å². The van der Waals surface area contributed by atoms with Crippen molar-refractivity contribution in [2.75, 3.05) is 17.3 Å². The molecule has 3 aromatic carbocycles. The van der Waals surface area contributed by atoms with Crippen molar-refractivity contribution in [1.82, 2.24) is 0 Å². The Morgan fingerprint density at radius 1 is 1.03 bits per heavy atom. The molecule has 0 unspecified atom stereocenters. The summed E-state index contributed by atoms with van der Waals surface area (Å²) in [4.78, 5) is 14.4. The largest absolute Gasteiger partial charge is 0.490 e. The number of anilines is 1. The fourth-order valence-electron chi connectivity index (χ4n) is 3.52. The fourth-order valence-corrected chi connectivity index (χ4v) is 5.08. The highest BCUT2D eigenvalue weighted by Crippen LogP contribution is 2.46. The molecular weight excluding hydrogens is 465 g/mol. The highest BCUT2D eigenvalue weighted by molar-refractivity contribution is 8.00. The third-order valence-corrected chi connectivity index (χ3v) is 6.84. The molecule has 0 spiro atoms. The lowest BCUT2D eigenvalue weighted by Crippen LogP contribution is -2.27. The molecule has 32 heavy (non-hydrogen) atoms. The molecule has 0 radical (unpaired) electrons. The molecule has 0 saturated carbocycles. The van der Waals surface area contributed by atoms with Gasteiger partial charge in [0.15, 0.2) is 11.5 Å². The smallest absolute Gasteiger partial charge is 0.238 e. The van der Waals surface area contributed by atoms with Gasteiger partial charge in [0, 0.05) is 10.7 Å². The number of hydrogen-bond donors (Lipinski definition) is 0. The normalized spacial score (nSPS) is 15.8. The average molecular weight is 488 g/mol. The van der Waals surface area contributed by atoms with Crippen LogP contribution in [-0.4, -0.2) is 18.3 Å². The summed E-state index contributed by atoms with van der Waals surface area (Å²) in [6.45, 7) is 4.82. The topological polar surface area (TPSA) is 38.8 Å². The van der Waals surface area contributed by atoms with Crippen molar-refractivity contribution in [2.45, 2.75) is 25.8 Å². The summed E-state index contributed by atoms with van der Waals surface area (Å²) in [6.07, 6.45) is 0. The van der Waals surface area contributed by atoms with Crippen LogP contribution in [0, 0.1) is 6.92 Å². The monoisotopic (exact) mass is 487 g/mol. The number of carbonyl (C=O) groups is 1. The number of ether oxygens (including phenoxy) is 2. The van der Waals surface area contributed by atoms with Crippen molar-refractivity contribution in [3.05, 3.63) is 87.4 Å². The zero-order valence-corrected chi connectivity index (χ0v) is 20.1. The van der Waals surface area contributed by atoms with E-state index in [9.17, 15) is 4.79 Å². The molecule has 0 bridgehead atoms. The Hall–Kier alpha value is -2.34. The van der Waals surface area contributed by atoms with E-state index in [1.165, 1.54) is 5.56 Å². The second-order valence-corrected chi connectivity index (χ2v) is 9.35. The van der Waals surface area contributed by atoms with Gasteiger partial charge in [0.05, 0.1) is 17.4 Å². The van der Waals surface area contributed by atoms with Crippen LogP contribution < -0.4 is 14.4 Å². The van der Waals surface area contributed by atoms with E-state index >= 15 is 0 Å². The summed E-state index contributed by atoms with van der Waals surface area (Å²) in [7, 11) is 0. The molecule has 1 amide bonds. The second-order valence-electron chi connectivity index (χ2n) is 7.44. The van der Waals surface area contributed by atoms with Crippen molar-refractivity contribution >= 4 is 46.6 Å². The van der Waals surface area contributed by atoms with Gasteiger partial charge in [-0.1, -0.05) is 53.0 Å². The molecule has 4 rings (SSSR count). The molecule has 4 nitrogen and oxygen atoms in total. The number of thioether (sulfide) groups is 1. The minimum Gasteiger partial charge on any atom is -0.490 e. The highest BCUT2D eigenvalue weighted by atomic mass is 35.5. The van der Waals surface area contributed by atoms with E-state index in [1.807, 2.05) is 62.4 Å². The standard InChI is InChI=1S/C25H23Cl2NO3S/c1-3-30-22-13-18(12-21(27)24(22)31-14-17-6-4-16(2)5-7-17)25-28(23(29)15-32-25)20-10-8-19(26)9-11-20/h4-13,25H,3,14-15H2,1-2H3/t25-/m0/s1. The first-order chi connectivity index (χ1) is 15.5. The molecule has 1 fully saturated rings. The lowest BCUT2D eigenvalue weighted by atomic mass is 10.1. The summed E-state index contributed by atoms with van der Waals surface area (Å²) >= 11 is 14.2. The Morgan fingerprint density at radius 3 is 2.44 bits per heavy atom. The maximum Gasteiger partial charge on any atom is 0.238 e. The number of hydrogen-bond acceptors (Lipinski definition) is 4. The van der Waals surface area contributed by atoms with Crippen LogP contribution in [0.4, 0.5) is 5.69 Å². The minimum absolute atomic E-state index is 0.0381. The summed E-state index contributed by atoms with van der Waals surface area (Å²) in [6, 6.07) is 19.2. The maximum atomic E-state index is 12.7. The van der Waals surface area contributed by atoms with Gasteiger partial charge in [0.25, 0.3) is 0 Å². The van der Waals surface area contributed by atoms with Gasteiger partial charge >= 0.3 is 0 Å². The van der Waals surface area contributed by atoms with Gasteiger partial charge in [0.1, 0.15) is 12.0 Å². The van der Waals surface area contributed by atoms with Crippen LogP contribution in [0.2, 0.25) is 10.0 Å². The van der Waals surface area contributed by atoms with E-state index in [0.717, 1.165) is 16.8 Å². The number of halogens is 2. The van der Waals surface area contributed by atoms with Gasteiger partial charge in [-0.2, -0.15) is 0 Å². The first-order valence-corrected chi connectivity index (χ1v) is 12.1. The van der Waals surface area contributed by atoms with Crippen molar-refractivity contribution in [3.8, 4) is 11.5 Å². The molecule has 1 aliphatic rings. The molecule has 1 heterocycles. The zero-order valence-electron chi connectivity index (χ0n) is 17.8. The molecule has 0 N–H and O–H groups in total. The van der Waals surface area contributed by atoms with Gasteiger partial charge < -0.3 is 9.47 Å². The van der Waals surface area contributed by atoms with Gasteiger partial charge in [-0.15, -0.1) is 11.8 Å². The van der Waals surface area contributed by atoms with Crippen molar-refractivity contribution in [3.63, 3.8) is 0 Å². The Kier molecular flexibility index (Phi) is 7.19. The maximum absolute atomic E-state index is 12.7. The van der Waals surface area contributed by atoms with Crippen LogP contribution in [0.5, 0.6) is 11.5 Å². The summed E-state index contributed by atoms with van der Waals surface area (Å²) in [5.74, 6) is 1.50. The molecular formula is C25H23Cl2NO3S. The number of amides is 1. The highest BCUT2D eigenvalue weighted by Gasteiger charge is 2.35. The lowest BCUT2D eigenvalue weighted by molar-refractivity contribution is -0.115.